The molecule has 0 bridgehead atoms. The zero-order valence-corrected chi connectivity index (χ0v) is 16.4. The van der Waals surface area contributed by atoms with Gasteiger partial charge < -0.3 is 24.8 Å². The highest BCUT2D eigenvalue weighted by molar-refractivity contribution is 5.95. The van der Waals surface area contributed by atoms with Gasteiger partial charge in [0, 0.05) is 31.1 Å². The molecule has 0 unspecified atom stereocenters. The minimum absolute atomic E-state index is 0.0543. The summed E-state index contributed by atoms with van der Waals surface area (Å²) >= 11 is 0. The molecule has 8 heteroatoms. The zero-order chi connectivity index (χ0) is 20.5. The lowest BCUT2D eigenvalue weighted by atomic mass is 9.95. The smallest absolute Gasteiger partial charge is 0.341 e. The van der Waals surface area contributed by atoms with Gasteiger partial charge in [-0.1, -0.05) is 6.92 Å². The first-order chi connectivity index (χ1) is 13.5. The highest BCUT2D eigenvalue weighted by atomic mass is 16.5. The number of carbonyl (C=O) groups excluding carboxylic acids is 2. The van der Waals surface area contributed by atoms with Crippen LogP contribution < -0.4 is 14.8 Å². The number of hydrogen-bond donors (Lipinski definition) is 2. The van der Waals surface area contributed by atoms with Crippen LogP contribution in [0.4, 0.5) is 0 Å². The molecule has 1 aliphatic heterocycles. The van der Waals surface area contributed by atoms with E-state index in [0.717, 1.165) is 6.42 Å². The second-order valence-electron chi connectivity index (χ2n) is 6.63. The monoisotopic (exact) mass is 392 g/mol. The van der Waals surface area contributed by atoms with E-state index in [1.165, 1.54) is 0 Å². The van der Waals surface area contributed by atoms with Crippen molar-refractivity contribution in [1.82, 2.24) is 10.2 Å². The van der Waals surface area contributed by atoms with Gasteiger partial charge in [-0.3, -0.25) is 9.59 Å². The van der Waals surface area contributed by atoms with E-state index in [1.807, 2.05) is 6.92 Å². The Labute approximate surface area is 164 Å². The lowest BCUT2D eigenvalue weighted by Gasteiger charge is -2.31. The third kappa shape index (κ3) is 5.87. The van der Waals surface area contributed by atoms with Gasteiger partial charge in [-0.25, -0.2) is 4.79 Å². The molecule has 28 heavy (non-hydrogen) atoms. The lowest BCUT2D eigenvalue weighted by Crippen LogP contribution is -2.43. The normalized spacial score (nSPS) is 14.4. The Bertz CT molecular complexity index is 698. The average Bonchev–Trinajstić information content (AvgIpc) is 2.70. The molecule has 0 aromatic heterocycles. The number of rotatable bonds is 9. The van der Waals surface area contributed by atoms with Crippen molar-refractivity contribution in [2.75, 3.05) is 32.8 Å². The van der Waals surface area contributed by atoms with Crippen LogP contribution in [0.1, 0.15) is 43.5 Å². The number of benzene rings is 1. The van der Waals surface area contributed by atoms with Crippen molar-refractivity contribution in [3.8, 4) is 11.5 Å². The van der Waals surface area contributed by atoms with E-state index in [1.54, 1.807) is 30.0 Å². The molecule has 1 fully saturated rings. The number of carboxylic acids is 1. The van der Waals surface area contributed by atoms with Crippen molar-refractivity contribution >= 4 is 17.8 Å². The molecule has 2 amide bonds. The molecule has 1 aromatic carbocycles. The molecule has 0 aliphatic carbocycles. The van der Waals surface area contributed by atoms with Crippen LogP contribution in [0.15, 0.2) is 18.2 Å². The van der Waals surface area contributed by atoms with E-state index in [4.69, 9.17) is 14.6 Å². The molecule has 0 spiro atoms. The predicted octanol–water partition coefficient (Wildman–Crippen LogP) is 1.93. The van der Waals surface area contributed by atoms with Crippen LogP contribution in [0, 0.1) is 5.92 Å². The summed E-state index contributed by atoms with van der Waals surface area (Å²) in [4.78, 5) is 37.3. The van der Waals surface area contributed by atoms with Gasteiger partial charge in [0.05, 0.1) is 6.61 Å². The Morgan fingerprint density at radius 3 is 2.46 bits per heavy atom. The van der Waals surface area contributed by atoms with Crippen LogP contribution >= 0.6 is 0 Å². The molecule has 1 heterocycles. The van der Waals surface area contributed by atoms with Crippen molar-refractivity contribution in [2.45, 2.75) is 33.1 Å². The fraction of sp³-hybridized carbons (Fsp3) is 0.550. The van der Waals surface area contributed by atoms with Gasteiger partial charge in [-0.15, -0.1) is 0 Å². The van der Waals surface area contributed by atoms with Gasteiger partial charge in [-0.2, -0.15) is 0 Å². The number of carboxylic acid groups (broad SMARTS) is 1. The lowest BCUT2D eigenvalue weighted by molar-refractivity contribution is -0.139. The molecule has 154 valence electrons. The van der Waals surface area contributed by atoms with Gasteiger partial charge >= 0.3 is 5.97 Å². The van der Waals surface area contributed by atoms with Crippen LogP contribution in [-0.2, 0) is 9.59 Å². The first-order valence-corrected chi connectivity index (χ1v) is 9.64. The summed E-state index contributed by atoms with van der Waals surface area (Å²) in [7, 11) is 0. The summed E-state index contributed by atoms with van der Waals surface area (Å²) in [6.45, 7) is 5.39. The number of amides is 2. The number of carbonyl (C=O) groups is 3. The molecule has 0 radical (unpaired) electrons. The molecule has 2 N–H and O–H groups in total. The second kappa shape index (κ2) is 10.5. The summed E-state index contributed by atoms with van der Waals surface area (Å²) in [5, 5.41) is 11.7. The summed E-state index contributed by atoms with van der Waals surface area (Å²) < 4.78 is 10.7. The van der Waals surface area contributed by atoms with Gasteiger partial charge in [-0.05, 0) is 44.4 Å². The SMILES string of the molecule is CCCNC(=O)C1CCN(C(=O)c2ccc(OCC(=O)O)c(OCC)c2)CC1. The molecule has 1 saturated heterocycles. The van der Waals surface area contributed by atoms with E-state index >= 15 is 0 Å². The summed E-state index contributed by atoms with van der Waals surface area (Å²) in [5.74, 6) is -0.601. The third-order valence-electron chi connectivity index (χ3n) is 4.54. The first kappa shape index (κ1) is 21.5. The van der Waals surface area contributed by atoms with Crippen LogP contribution in [-0.4, -0.2) is 60.6 Å². The largest absolute Gasteiger partial charge is 0.490 e. The van der Waals surface area contributed by atoms with Gasteiger partial charge in [0.1, 0.15) is 0 Å². The highest BCUT2D eigenvalue weighted by Gasteiger charge is 2.28. The Morgan fingerprint density at radius 2 is 1.86 bits per heavy atom. The van der Waals surface area contributed by atoms with E-state index < -0.39 is 12.6 Å². The van der Waals surface area contributed by atoms with E-state index in [2.05, 4.69) is 5.32 Å². The fourth-order valence-corrected chi connectivity index (χ4v) is 3.09. The summed E-state index contributed by atoms with van der Waals surface area (Å²) in [6, 6.07) is 4.72. The Hall–Kier alpha value is -2.77. The third-order valence-corrected chi connectivity index (χ3v) is 4.54. The second-order valence-corrected chi connectivity index (χ2v) is 6.63. The number of ether oxygens (including phenoxy) is 2. The van der Waals surface area contributed by atoms with Gasteiger partial charge in [0.2, 0.25) is 5.91 Å². The van der Waals surface area contributed by atoms with E-state index in [-0.39, 0.29) is 23.5 Å². The van der Waals surface area contributed by atoms with E-state index in [9.17, 15) is 14.4 Å². The zero-order valence-electron chi connectivity index (χ0n) is 16.4. The molecule has 2 rings (SSSR count). The van der Waals surface area contributed by atoms with E-state index in [0.29, 0.717) is 50.4 Å². The molecular weight excluding hydrogens is 364 g/mol. The topological polar surface area (TPSA) is 105 Å². The Balaban J connectivity index is 2.01. The standard InChI is InChI=1S/C20H28N2O6/c1-3-9-21-19(25)14-7-10-22(11-8-14)20(26)15-5-6-16(28-13-18(23)24)17(12-15)27-4-2/h5-6,12,14H,3-4,7-11,13H2,1-2H3,(H,21,25)(H,23,24). The molecular formula is C20H28N2O6. The quantitative estimate of drug-likeness (QED) is 0.665. The molecule has 0 atom stereocenters. The van der Waals surface area contributed by atoms with Crippen LogP contribution in [0.5, 0.6) is 11.5 Å². The van der Waals surface area contributed by atoms with Gasteiger partial charge in [0.15, 0.2) is 18.1 Å². The summed E-state index contributed by atoms with van der Waals surface area (Å²) in [6.07, 6.45) is 2.18. The maximum Gasteiger partial charge on any atom is 0.341 e. The maximum atomic E-state index is 12.8. The maximum absolute atomic E-state index is 12.8. The number of aliphatic carboxylic acids is 1. The molecule has 1 aliphatic rings. The van der Waals surface area contributed by atoms with Crippen molar-refractivity contribution < 1.29 is 29.0 Å². The number of nitrogens with one attached hydrogen (secondary N) is 1. The van der Waals surface area contributed by atoms with Crippen molar-refractivity contribution in [3.05, 3.63) is 23.8 Å². The minimum atomic E-state index is -1.09. The van der Waals surface area contributed by atoms with Crippen LogP contribution in [0.25, 0.3) is 0 Å². The van der Waals surface area contributed by atoms with Crippen molar-refractivity contribution in [1.29, 1.82) is 0 Å². The number of likely N-dealkylation sites (tertiary alicyclic amines) is 1. The number of hydrogen-bond acceptors (Lipinski definition) is 5. The number of piperidine rings is 1. The van der Waals surface area contributed by atoms with Crippen LogP contribution in [0.2, 0.25) is 0 Å². The van der Waals surface area contributed by atoms with Crippen LogP contribution in [0.3, 0.4) is 0 Å². The Morgan fingerprint density at radius 1 is 1.14 bits per heavy atom. The van der Waals surface area contributed by atoms with Crippen molar-refractivity contribution in [2.24, 2.45) is 5.92 Å². The number of nitrogens with zero attached hydrogens (tertiary/aromatic N) is 1. The molecule has 1 aromatic rings. The Kier molecular flexibility index (Phi) is 8.10. The minimum Gasteiger partial charge on any atom is -0.490 e. The van der Waals surface area contributed by atoms with Crippen molar-refractivity contribution in [3.63, 3.8) is 0 Å². The fourth-order valence-electron chi connectivity index (χ4n) is 3.09. The highest BCUT2D eigenvalue weighted by Crippen LogP contribution is 2.29. The predicted molar refractivity (Wildman–Crippen MR) is 103 cm³/mol. The average molecular weight is 392 g/mol. The van der Waals surface area contributed by atoms with Gasteiger partial charge in [0.25, 0.3) is 5.91 Å². The summed E-state index contributed by atoms with van der Waals surface area (Å²) in [5.41, 5.74) is 0.444. The first-order valence-electron chi connectivity index (χ1n) is 9.64. The molecule has 8 nitrogen and oxygen atoms in total. The molecule has 0 saturated carbocycles.